The van der Waals surface area contributed by atoms with Crippen LogP contribution in [0.4, 0.5) is 0 Å². The first-order valence-electron chi connectivity index (χ1n) is 10.4. The Balaban J connectivity index is 1.95. The van der Waals surface area contributed by atoms with Crippen LogP contribution in [0.5, 0.6) is 5.75 Å². The van der Waals surface area contributed by atoms with Gasteiger partial charge in [0.1, 0.15) is 5.75 Å². The highest BCUT2D eigenvalue weighted by atomic mass is 16.5. The summed E-state index contributed by atoms with van der Waals surface area (Å²) >= 11 is 0. The Morgan fingerprint density at radius 3 is 2.60 bits per heavy atom. The molecule has 0 saturated carbocycles. The fraction of sp³-hybridized carbons (Fsp3) is 0.417. The maximum Gasteiger partial charge on any atom is 0.259 e. The lowest BCUT2D eigenvalue weighted by atomic mass is 9.99. The van der Waals surface area contributed by atoms with E-state index in [1.807, 2.05) is 24.3 Å². The Bertz CT molecular complexity index is 849. The highest BCUT2D eigenvalue weighted by Gasteiger charge is 2.08. The standard InChI is InChI=1S/C24H34N4O2/c1-6-25-24(26-15-19(3)21-11-7-9-18(2)13-21)27-16-20-10-8-12-22(14-20)30-17-23(29)28(4)5/h7-14,19H,6,15-17H2,1-5H3,(H2,25,26,27). The third kappa shape index (κ3) is 7.78. The summed E-state index contributed by atoms with van der Waals surface area (Å²) in [5, 5.41) is 6.73. The van der Waals surface area contributed by atoms with E-state index < -0.39 is 0 Å². The van der Waals surface area contributed by atoms with E-state index in [1.165, 1.54) is 16.0 Å². The molecular formula is C24H34N4O2. The summed E-state index contributed by atoms with van der Waals surface area (Å²) in [6.45, 7) is 8.52. The van der Waals surface area contributed by atoms with E-state index in [2.05, 4.69) is 55.7 Å². The topological polar surface area (TPSA) is 66.0 Å². The van der Waals surface area contributed by atoms with Crippen LogP contribution in [-0.4, -0.2) is 50.6 Å². The van der Waals surface area contributed by atoms with Crippen molar-refractivity contribution in [3.8, 4) is 5.75 Å². The number of nitrogens with one attached hydrogen (secondary N) is 2. The summed E-state index contributed by atoms with van der Waals surface area (Å²) in [5.74, 6) is 1.76. The predicted octanol–water partition coefficient (Wildman–Crippen LogP) is 3.32. The number of carbonyl (C=O) groups is 1. The summed E-state index contributed by atoms with van der Waals surface area (Å²) in [6, 6.07) is 16.3. The molecule has 1 atom stereocenters. The fourth-order valence-electron chi connectivity index (χ4n) is 2.86. The van der Waals surface area contributed by atoms with Gasteiger partial charge in [-0.05, 0) is 43.0 Å². The monoisotopic (exact) mass is 410 g/mol. The van der Waals surface area contributed by atoms with Crippen LogP contribution < -0.4 is 15.4 Å². The molecule has 0 aromatic heterocycles. The third-order valence-corrected chi connectivity index (χ3v) is 4.71. The number of hydrogen-bond donors (Lipinski definition) is 2. The van der Waals surface area contributed by atoms with Crippen LogP contribution in [0.2, 0.25) is 0 Å². The molecule has 0 bridgehead atoms. The van der Waals surface area contributed by atoms with Gasteiger partial charge in [-0.3, -0.25) is 4.79 Å². The van der Waals surface area contributed by atoms with Gasteiger partial charge in [0.05, 0.1) is 6.54 Å². The number of hydrogen-bond acceptors (Lipinski definition) is 3. The van der Waals surface area contributed by atoms with E-state index in [0.29, 0.717) is 18.2 Å². The molecule has 0 aliphatic rings. The molecule has 0 aliphatic heterocycles. The van der Waals surface area contributed by atoms with Crippen molar-refractivity contribution in [1.82, 2.24) is 15.5 Å². The SMILES string of the molecule is CCNC(=NCc1cccc(OCC(=O)N(C)C)c1)NCC(C)c1cccc(C)c1. The predicted molar refractivity (Wildman–Crippen MR) is 123 cm³/mol. The molecule has 0 aliphatic carbocycles. The van der Waals surface area contributed by atoms with Crippen molar-refractivity contribution in [2.24, 2.45) is 4.99 Å². The highest BCUT2D eigenvalue weighted by Crippen LogP contribution is 2.16. The molecule has 2 rings (SSSR count). The number of ether oxygens (including phenoxy) is 1. The Morgan fingerprint density at radius 1 is 1.13 bits per heavy atom. The van der Waals surface area contributed by atoms with Crippen molar-refractivity contribution >= 4 is 11.9 Å². The first kappa shape index (κ1) is 23.3. The lowest BCUT2D eigenvalue weighted by Gasteiger charge is -2.17. The molecule has 2 aromatic rings. The molecule has 1 amide bonds. The first-order valence-corrected chi connectivity index (χ1v) is 10.4. The minimum absolute atomic E-state index is 0.0285. The molecule has 0 saturated heterocycles. The summed E-state index contributed by atoms with van der Waals surface area (Å²) in [6.07, 6.45) is 0. The average Bonchev–Trinajstić information content (AvgIpc) is 2.74. The molecule has 6 nitrogen and oxygen atoms in total. The minimum atomic E-state index is -0.0696. The van der Waals surface area contributed by atoms with E-state index in [4.69, 9.17) is 9.73 Å². The van der Waals surface area contributed by atoms with Gasteiger partial charge in [0.2, 0.25) is 0 Å². The normalized spacial score (nSPS) is 12.2. The largest absolute Gasteiger partial charge is 0.484 e. The van der Waals surface area contributed by atoms with Crippen LogP contribution in [0.25, 0.3) is 0 Å². The molecule has 1 unspecified atom stereocenters. The van der Waals surface area contributed by atoms with E-state index in [-0.39, 0.29) is 12.5 Å². The Morgan fingerprint density at radius 2 is 1.90 bits per heavy atom. The number of guanidine groups is 1. The quantitative estimate of drug-likeness (QED) is 0.492. The summed E-state index contributed by atoms with van der Waals surface area (Å²) < 4.78 is 5.59. The average molecular weight is 411 g/mol. The van der Waals surface area contributed by atoms with E-state index >= 15 is 0 Å². The van der Waals surface area contributed by atoms with Gasteiger partial charge in [0, 0.05) is 27.2 Å². The number of aryl methyl sites for hydroxylation is 1. The van der Waals surface area contributed by atoms with Crippen molar-refractivity contribution in [2.45, 2.75) is 33.2 Å². The van der Waals surface area contributed by atoms with Crippen molar-refractivity contribution in [3.63, 3.8) is 0 Å². The number of amides is 1. The lowest BCUT2D eigenvalue weighted by molar-refractivity contribution is -0.130. The summed E-state index contributed by atoms with van der Waals surface area (Å²) in [7, 11) is 3.43. The number of nitrogens with zero attached hydrogens (tertiary/aromatic N) is 2. The molecule has 0 fully saturated rings. The van der Waals surface area contributed by atoms with Crippen LogP contribution in [0.3, 0.4) is 0 Å². The maximum absolute atomic E-state index is 11.7. The molecule has 0 heterocycles. The van der Waals surface area contributed by atoms with Gasteiger partial charge in [-0.15, -0.1) is 0 Å². The van der Waals surface area contributed by atoms with E-state index in [1.54, 1.807) is 14.1 Å². The van der Waals surface area contributed by atoms with Gasteiger partial charge >= 0.3 is 0 Å². The van der Waals surface area contributed by atoms with Crippen molar-refractivity contribution < 1.29 is 9.53 Å². The van der Waals surface area contributed by atoms with Crippen molar-refractivity contribution in [2.75, 3.05) is 33.8 Å². The van der Waals surface area contributed by atoms with Crippen LogP contribution >= 0.6 is 0 Å². The molecular weight excluding hydrogens is 376 g/mol. The minimum Gasteiger partial charge on any atom is -0.484 e. The van der Waals surface area contributed by atoms with Crippen LogP contribution in [-0.2, 0) is 11.3 Å². The molecule has 2 aromatic carbocycles. The van der Waals surface area contributed by atoms with Gasteiger partial charge in [-0.2, -0.15) is 0 Å². The molecule has 2 N–H and O–H groups in total. The van der Waals surface area contributed by atoms with Crippen LogP contribution in [0.1, 0.15) is 36.5 Å². The Hall–Kier alpha value is -3.02. The van der Waals surface area contributed by atoms with Gasteiger partial charge in [-0.1, -0.05) is 48.9 Å². The van der Waals surface area contributed by atoms with Crippen molar-refractivity contribution in [3.05, 3.63) is 65.2 Å². The second-order valence-electron chi connectivity index (χ2n) is 7.62. The molecule has 30 heavy (non-hydrogen) atoms. The summed E-state index contributed by atoms with van der Waals surface area (Å²) in [4.78, 5) is 17.9. The van der Waals surface area contributed by atoms with Crippen LogP contribution in [0.15, 0.2) is 53.5 Å². The maximum atomic E-state index is 11.7. The number of carbonyl (C=O) groups excluding carboxylic acids is 1. The molecule has 0 spiro atoms. The van der Waals surface area contributed by atoms with Crippen molar-refractivity contribution in [1.29, 1.82) is 0 Å². The zero-order valence-corrected chi connectivity index (χ0v) is 18.7. The second kappa shape index (κ2) is 11.9. The van der Waals surface area contributed by atoms with Gasteiger partial charge < -0.3 is 20.3 Å². The first-order chi connectivity index (χ1) is 14.4. The smallest absolute Gasteiger partial charge is 0.259 e. The van der Waals surface area contributed by atoms with E-state index in [0.717, 1.165) is 24.6 Å². The lowest BCUT2D eigenvalue weighted by Crippen LogP contribution is -2.39. The molecule has 6 heteroatoms. The summed E-state index contributed by atoms with van der Waals surface area (Å²) in [5.41, 5.74) is 3.61. The fourth-order valence-corrected chi connectivity index (χ4v) is 2.86. The Kier molecular flexibility index (Phi) is 9.19. The number of likely N-dealkylation sites (N-methyl/N-ethyl adjacent to an activating group) is 1. The number of aliphatic imine (C=N–C) groups is 1. The highest BCUT2D eigenvalue weighted by molar-refractivity contribution is 5.79. The van der Waals surface area contributed by atoms with Crippen LogP contribution in [0, 0.1) is 6.92 Å². The number of benzene rings is 2. The van der Waals surface area contributed by atoms with Gasteiger partial charge in [-0.25, -0.2) is 4.99 Å². The number of rotatable bonds is 9. The third-order valence-electron chi connectivity index (χ3n) is 4.71. The van der Waals surface area contributed by atoms with Gasteiger partial charge in [0.15, 0.2) is 12.6 Å². The van der Waals surface area contributed by atoms with Gasteiger partial charge in [0.25, 0.3) is 5.91 Å². The zero-order chi connectivity index (χ0) is 21.9. The molecule has 0 radical (unpaired) electrons. The Labute approximate surface area is 180 Å². The molecule has 162 valence electrons. The van der Waals surface area contributed by atoms with E-state index in [9.17, 15) is 4.79 Å². The zero-order valence-electron chi connectivity index (χ0n) is 18.7. The second-order valence-corrected chi connectivity index (χ2v) is 7.62.